The van der Waals surface area contributed by atoms with Gasteiger partial charge in [0, 0.05) is 43.7 Å². The number of aromatic amines is 1. The zero-order valence-corrected chi connectivity index (χ0v) is 13.9. The molecule has 128 valence electrons. The second kappa shape index (κ2) is 6.96. The average molecular weight is 331 g/mol. The van der Waals surface area contributed by atoms with Gasteiger partial charge in [-0.05, 0) is 19.4 Å². The zero-order chi connectivity index (χ0) is 17.1. The van der Waals surface area contributed by atoms with Gasteiger partial charge in [-0.2, -0.15) is 5.10 Å². The number of nitrogens with zero attached hydrogens (tertiary/aromatic N) is 4. The van der Waals surface area contributed by atoms with E-state index in [2.05, 4.69) is 15.1 Å². The Morgan fingerprint density at radius 2 is 2.33 bits per heavy atom. The molecule has 0 unspecified atom stereocenters. The minimum absolute atomic E-state index is 0.0690. The molecule has 0 aromatic carbocycles. The van der Waals surface area contributed by atoms with E-state index in [9.17, 15) is 9.59 Å². The van der Waals surface area contributed by atoms with Gasteiger partial charge in [-0.25, -0.2) is 4.98 Å². The number of carbonyl (C=O) groups is 1. The van der Waals surface area contributed by atoms with E-state index in [-0.39, 0.29) is 11.5 Å². The molecule has 0 saturated carbocycles. The van der Waals surface area contributed by atoms with Crippen molar-refractivity contribution in [1.82, 2.24) is 24.6 Å². The quantitative estimate of drug-likeness (QED) is 0.872. The first-order valence-corrected chi connectivity index (χ1v) is 7.97. The first kappa shape index (κ1) is 16.4. The second-order valence-corrected chi connectivity index (χ2v) is 5.92. The molecular formula is C16H21N5O3. The molecule has 24 heavy (non-hydrogen) atoms. The van der Waals surface area contributed by atoms with Gasteiger partial charge in [-0.15, -0.1) is 0 Å². The Bertz CT molecular complexity index is 782. The van der Waals surface area contributed by atoms with Crippen molar-refractivity contribution in [2.45, 2.75) is 25.9 Å². The molecule has 0 bridgehead atoms. The molecule has 3 heterocycles. The minimum atomic E-state index is -0.396. The van der Waals surface area contributed by atoms with Crippen LogP contribution < -0.4 is 5.56 Å². The van der Waals surface area contributed by atoms with Crippen molar-refractivity contribution in [1.29, 1.82) is 0 Å². The van der Waals surface area contributed by atoms with E-state index >= 15 is 0 Å². The summed E-state index contributed by atoms with van der Waals surface area (Å²) >= 11 is 0. The molecule has 1 N–H and O–H groups in total. The van der Waals surface area contributed by atoms with Gasteiger partial charge in [0.25, 0.3) is 5.56 Å². The van der Waals surface area contributed by atoms with Crippen molar-refractivity contribution in [3.8, 4) is 0 Å². The molecule has 1 amide bonds. The van der Waals surface area contributed by atoms with Crippen LogP contribution in [-0.4, -0.2) is 50.3 Å². The van der Waals surface area contributed by atoms with Crippen LogP contribution in [0.3, 0.4) is 0 Å². The van der Waals surface area contributed by atoms with E-state index in [0.29, 0.717) is 44.1 Å². The monoisotopic (exact) mass is 331 g/mol. The van der Waals surface area contributed by atoms with E-state index in [1.807, 2.05) is 13.1 Å². The summed E-state index contributed by atoms with van der Waals surface area (Å²) in [5.74, 6) is 0.545. The maximum Gasteiger partial charge on any atom is 0.251 e. The number of H-pyrrole nitrogens is 1. The van der Waals surface area contributed by atoms with Crippen LogP contribution in [0.15, 0.2) is 23.1 Å². The van der Waals surface area contributed by atoms with Crippen LogP contribution in [0.25, 0.3) is 0 Å². The number of nitrogens with one attached hydrogen (secondary N) is 1. The van der Waals surface area contributed by atoms with Crippen LogP contribution in [-0.2, 0) is 23.0 Å². The Balaban J connectivity index is 1.63. The van der Waals surface area contributed by atoms with Crippen LogP contribution in [0, 0.1) is 6.92 Å². The lowest BCUT2D eigenvalue weighted by Crippen LogP contribution is -2.43. The predicted molar refractivity (Wildman–Crippen MR) is 86.4 cm³/mol. The van der Waals surface area contributed by atoms with Crippen molar-refractivity contribution < 1.29 is 9.53 Å². The number of aromatic nitrogens is 4. The highest BCUT2D eigenvalue weighted by atomic mass is 16.5. The highest BCUT2D eigenvalue weighted by molar-refractivity contribution is 5.76. The third kappa shape index (κ3) is 3.70. The van der Waals surface area contributed by atoms with Gasteiger partial charge in [0.1, 0.15) is 11.9 Å². The number of ether oxygens (including phenoxy) is 1. The topological polar surface area (TPSA) is 93.1 Å². The molecule has 0 spiro atoms. The second-order valence-electron chi connectivity index (χ2n) is 5.92. The number of aryl methyl sites for hydroxylation is 3. The van der Waals surface area contributed by atoms with Crippen molar-refractivity contribution in [2.24, 2.45) is 7.05 Å². The Hall–Kier alpha value is -2.48. The Labute approximate surface area is 139 Å². The number of morpholine rings is 1. The summed E-state index contributed by atoms with van der Waals surface area (Å²) in [4.78, 5) is 32.8. The van der Waals surface area contributed by atoms with Crippen LogP contribution in [0.4, 0.5) is 0 Å². The largest absolute Gasteiger partial charge is 0.367 e. The first-order chi connectivity index (χ1) is 11.5. The van der Waals surface area contributed by atoms with Crippen LogP contribution in [0.5, 0.6) is 0 Å². The van der Waals surface area contributed by atoms with Crippen LogP contribution >= 0.6 is 0 Å². The summed E-state index contributed by atoms with van der Waals surface area (Å²) in [6.45, 7) is 3.14. The molecule has 1 aliphatic rings. The number of hydrogen-bond acceptors (Lipinski definition) is 5. The Morgan fingerprint density at radius 1 is 1.50 bits per heavy atom. The molecule has 1 aliphatic heterocycles. The summed E-state index contributed by atoms with van der Waals surface area (Å²) in [6, 6.07) is 3.35. The SMILES string of the molecule is Cc1cc(=O)[nH]c([C@H]2CN(C(=O)CCc3ccnn3C)CCO2)n1. The van der Waals surface area contributed by atoms with Crippen LogP contribution in [0.1, 0.15) is 29.7 Å². The zero-order valence-electron chi connectivity index (χ0n) is 13.9. The molecule has 1 fully saturated rings. The molecule has 0 radical (unpaired) electrons. The van der Waals surface area contributed by atoms with Crippen molar-refractivity contribution in [3.05, 3.63) is 45.9 Å². The molecule has 1 saturated heterocycles. The molecule has 0 aliphatic carbocycles. The van der Waals surface area contributed by atoms with E-state index in [1.54, 1.807) is 22.7 Å². The van der Waals surface area contributed by atoms with E-state index in [0.717, 1.165) is 5.69 Å². The smallest absolute Gasteiger partial charge is 0.251 e. The number of amides is 1. The molecule has 1 atom stereocenters. The molecule has 2 aromatic heterocycles. The molecule has 8 heteroatoms. The van der Waals surface area contributed by atoms with Gasteiger partial charge < -0.3 is 14.6 Å². The van der Waals surface area contributed by atoms with Gasteiger partial charge in [0.05, 0.1) is 13.2 Å². The van der Waals surface area contributed by atoms with Crippen molar-refractivity contribution in [3.63, 3.8) is 0 Å². The molecule has 8 nitrogen and oxygen atoms in total. The number of rotatable bonds is 4. The summed E-state index contributed by atoms with van der Waals surface area (Å²) in [5, 5.41) is 4.11. The summed E-state index contributed by atoms with van der Waals surface area (Å²) in [6.07, 6.45) is 2.40. The van der Waals surface area contributed by atoms with E-state index in [4.69, 9.17) is 4.74 Å². The maximum absolute atomic E-state index is 12.5. The maximum atomic E-state index is 12.5. The Morgan fingerprint density at radius 3 is 3.04 bits per heavy atom. The fourth-order valence-electron chi connectivity index (χ4n) is 2.84. The van der Waals surface area contributed by atoms with Gasteiger partial charge >= 0.3 is 0 Å². The van der Waals surface area contributed by atoms with Crippen molar-refractivity contribution >= 4 is 5.91 Å². The normalized spacial score (nSPS) is 17.9. The fraction of sp³-hybridized carbons (Fsp3) is 0.500. The predicted octanol–water partition coefficient (Wildman–Crippen LogP) is 0.345. The highest BCUT2D eigenvalue weighted by Gasteiger charge is 2.27. The summed E-state index contributed by atoms with van der Waals surface area (Å²) in [7, 11) is 1.87. The molecular weight excluding hydrogens is 310 g/mol. The number of hydrogen-bond donors (Lipinski definition) is 1. The third-order valence-corrected chi connectivity index (χ3v) is 4.13. The molecule has 2 aromatic rings. The summed E-state index contributed by atoms with van der Waals surface area (Å²) in [5.41, 5.74) is 1.45. The standard InChI is InChI=1S/C16H21N5O3/c1-11-9-14(22)19-16(18-11)13-10-21(7-8-24-13)15(23)4-3-12-5-6-17-20(12)2/h5-6,9,13H,3-4,7-8,10H2,1-2H3,(H,18,19,22)/t13-/m1/s1. The lowest BCUT2D eigenvalue weighted by atomic mass is 10.2. The van der Waals surface area contributed by atoms with Gasteiger partial charge in [0.15, 0.2) is 0 Å². The van der Waals surface area contributed by atoms with E-state index < -0.39 is 6.10 Å². The number of carbonyl (C=O) groups excluding carboxylic acids is 1. The van der Waals surface area contributed by atoms with Gasteiger partial charge in [0.2, 0.25) is 5.91 Å². The summed E-state index contributed by atoms with van der Waals surface area (Å²) < 4.78 is 7.46. The highest BCUT2D eigenvalue weighted by Crippen LogP contribution is 2.19. The van der Waals surface area contributed by atoms with Gasteiger partial charge in [-0.1, -0.05) is 0 Å². The van der Waals surface area contributed by atoms with Crippen molar-refractivity contribution in [2.75, 3.05) is 19.7 Å². The lowest BCUT2D eigenvalue weighted by Gasteiger charge is -2.32. The first-order valence-electron chi connectivity index (χ1n) is 7.97. The van der Waals surface area contributed by atoms with Gasteiger partial charge in [-0.3, -0.25) is 14.3 Å². The fourth-order valence-corrected chi connectivity index (χ4v) is 2.84. The average Bonchev–Trinajstić information content (AvgIpc) is 2.97. The van der Waals surface area contributed by atoms with E-state index in [1.165, 1.54) is 6.07 Å². The molecule has 3 rings (SSSR count). The lowest BCUT2D eigenvalue weighted by molar-refractivity contribution is -0.139. The Kier molecular flexibility index (Phi) is 4.75. The third-order valence-electron chi connectivity index (χ3n) is 4.13. The minimum Gasteiger partial charge on any atom is -0.367 e. The van der Waals surface area contributed by atoms with Crippen LogP contribution in [0.2, 0.25) is 0 Å².